The van der Waals surface area contributed by atoms with Gasteiger partial charge in [0.1, 0.15) is 0 Å². The van der Waals surface area contributed by atoms with E-state index in [1.165, 1.54) is 45.4 Å². The van der Waals surface area contributed by atoms with Gasteiger partial charge in [0, 0.05) is 11.8 Å². The normalized spacial score (nSPS) is 45.1. The summed E-state index contributed by atoms with van der Waals surface area (Å²) in [5.74, 6) is -1.78. The first-order chi connectivity index (χ1) is 16.6. The molecule has 8 aliphatic rings. The maximum Gasteiger partial charge on any atom is 0.376 e. The molecular formula is C28H40F2O5. The molecule has 2 unspecified atom stereocenters. The molecule has 5 nitrogen and oxygen atoms in total. The molecule has 8 bridgehead atoms. The van der Waals surface area contributed by atoms with Gasteiger partial charge in [0.2, 0.25) is 0 Å². The Hall–Kier alpha value is -1.24. The molecule has 0 heterocycles. The highest BCUT2D eigenvalue weighted by atomic mass is 19.3. The van der Waals surface area contributed by atoms with Gasteiger partial charge in [-0.25, -0.2) is 4.79 Å². The summed E-state index contributed by atoms with van der Waals surface area (Å²) in [4.78, 5) is 25.3. The summed E-state index contributed by atoms with van der Waals surface area (Å²) in [6, 6.07) is 0. The van der Waals surface area contributed by atoms with Crippen molar-refractivity contribution in [2.24, 2.45) is 45.8 Å². The van der Waals surface area contributed by atoms with Gasteiger partial charge in [-0.2, -0.15) is 8.78 Å². The molecule has 0 aromatic rings. The molecule has 8 fully saturated rings. The van der Waals surface area contributed by atoms with Gasteiger partial charge in [-0.05, 0) is 112 Å². The van der Waals surface area contributed by atoms with Crippen LogP contribution in [0.5, 0.6) is 0 Å². The van der Waals surface area contributed by atoms with Gasteiger partial charge in [0.15, 0.2) is 6.79 Å². The average molecular weight is 495 g/mol. The molecule has 8 saturated carbocycles. The van der Waals surface area contributed by atoms with E-state index < -0.39 is 23.7 Å². The number of carbonyl (C=O) groups is 2. The van der Waals surface area contributed by atoms with E-state index in [0.717, 1.165) is 49.9 Å². The Kier molecular flexibility index (Phi) is 5.78. The van der Waals surface area contributed by atoms with Crippen LogP contribution in [-0.4, -0.2) is 37.9 Å². The second-order valence-electron chi connectivity index (χ2n) is 13.7. The molecule has 0 radical (unpaired) electrons. The van der Waals surface area contributed by atoms with Gasteiger partial charge in [-0.1, -0.05) is 6.92 Å². The lowest BCUT2D eigenvalue weighted by molar-refractivity contribution is -0.204. The number of hydrogen-bond donors (Lipinski definition) is 0. The van der Waals surface area contributed by atoms with Crippen LogP contribution in [0.4, 0.5) is 8.78 Å². The molecule has 0 amide bonds. The Morgan fingerprint density at radius 1 is 0.771 bits per heavy atom. The topological polar surface area (TPSA) is 61.8 Å². The fourth-order valence-electron chi connectivity index (χ4n) is 10.3. The van der Waals surface area contributed by atoms with Crippen molar-refractivity contribution in [1.82, 2.24) is 0 Å². The molecule has 0 aromatic carbocycles. The lowest BCUT2D eigenvalue weighted by Gasteiger charge is -2.60. The summed E-state index contributed by atoms with van der Waals surface area (Å²) in [6.07, 6.45) is 12.3. The molecular weight excluding hydrogens is 454 g/mol. The van der Waals surface area contributed by atoms with Crippen LogP contribution in [0.2, 0.25) is 0 Å². The predicted molar refractivity (Wildman–Crippen MR) is 123 cm³/mol. The van der Waals surface area contributed by atoms with Crippen molar-refractivity contribution in [2.45, 2.75) is 96.3 Å². The van der Waals surface area contributed by atoms with Crippen molar-refractivity contribution in [3.8, 4) is 0 Å². The quantitative estimate of drug-likeness (QED) is 0.227. The third-order valence-corrected chi connectivity index (χ3v) is 10.7. The zero-order valence-corrected chi connectivity index (χ0v) is 21.0. The third-order valence-electron chi connectivity index (χ3n) is 10.7. The first kappa shape index (κ1) is 24.1. The summed E-state index contributed by atoms with van der Waals surface area (Å²) in [7, 11) is 0. The minimum absolute atomic E-state index is 0.00236. The maximum absolute atomic E-state index is 13.8. The third kappa shape index (κ3) is 4.31. The Balaban J connectivity index is 1.05. The lowest BCUT2D eigenvalue weighted by atomic mass is 9.44. The molecule has 8 aliphatic carbocycles. The highest BCUT2D eigenvalue weighted by Gasteiger charge is 2.62. The number of hydrogen-bond acceptors (Lipinski definition) is 5. The van der Waals surface area contributed by atoms with Crippen LogP contribution >= 0.6 is 0 Å². The molecule has 0 N–H and O–H groups in total. The minimum Gasteiger partial charge on any atom is -0.461 e. The summed E-state index contributed by atoms with van der Waals surface area (Å²) in [5, 5.41) is 0. The largest absolute Gasteiger partial charge is 0.461 e. The smallest absolute Gasteiger partial charge is 0.376 e. The van der Waals surface area contributed by atoms with E-state index in [0.29, 0.717) is 24.9 Å². The van der Waals surface area contributed by atoms with Crippen LogP contribution in [0.3, 0.4) is 0 Å². The van der Waals surface area contributed by atoms with E-state index >= 15 is 0 Å². The first-order valence-corrected chi connectivity index (χ1v) is 13.9. The van der Waals surface area contributed by atoms with Crippen molar-refractivity contribution in [3.63, 3.8) is 0 Å². The molecule has 8 rings (SSSR count). The molecule has 0 aliphatic heterocycles. The van der Waals surface area contributed by atoms with Crippen molar-refractivity contribution in [2.75, 3.05) is 20.0 Å². The number of ether oxygens (including phenoxy) is 3. The van der Waals surface area contributed by atoms with E-state index in [2.05, 4.69) is 0 Å². The Morgan fingerprint density at radius 2 is 1.31 bits per heavy atom. The molecule has 0 spiro atoms. The highest BCUT2D eigenvalue weighted by Crippen LogP contribution is 2.66. The summed E-state index contributed by atoms with van der Waals surface area (Å²) in [5.41, 5.74) is -0.688. The van der Waals surface area contributed by atoms with E-state index in [4.69, 9.17) is 14.2 Å². The number of halogens is 2. The predicted octanol–water partition coefficient (Wildman–Crippen LogP) is 5.90. The standard InChI is InChI=1S/C28H40F2O5/c1-2-28(29,30)24(32)34-16-26-10-21-6-22(11-26)13-27(12-21,14-26)23(31)35-17-33-15-25-7-18-3-19(8-25)5-20(4-18)9-25/h18-22H,2-17H2,1H3. The highest BCUT2D eigenvalue weighted by molar-refractivity contribution is 5.78. The number of carbonyl (C=O) groups excluding carboxylic acids is 2. The van der Waals surface area contributed by atoms with Gasteiger partial charge in [-0.3, -0.25) is 4.79 Å². The molecule has 2 atom stereocenters. The van der Waals surface area contributed by atoms with Gasteiger partial charge in [0.25, 0.3) is 0 Å². The van der Waals surface area contributed by atoms with Crippen LogP contribution < -0.4 is 0 Å². The second-order valence-corrected chi connectivity index (χ2v) is 13.7. The summed E-state index contributed by atoms with van der Waals surface area (Å²) >= 11 is 0. The van der Waals surface area contributed by atoms with Crippen LogP contribution in [0.1, 0.15) is 90.4 Å². The van der Waals surface area contributed by atoms with Crippen molar-refractivity contribution in [3.05, 3.63) is 0 Å². The van der Waals surface area contributed by atoms with Crippen LogP contribution in [0.15, 0.2) is 0 Å². The van der Waals surface area contributed by atoms with Gasteiger partial charge in [-0.15, -0.1) is 0 Å². The zero-order valence-electron chi connectivity index (χ0n) is 21.0. The SMILES string of the molecule is CCC(F)(F)C(=O)OCC12CC3CC(C1)CC(C(=O)OCOCC14CC5CC(CC(C5)C1)C4)(C3)C2. The van der Waals surface area contributed by atoms with Crippen molar-refractivity contribution < 1.29 is 32.6 Å². The summed E-state index contributed by atoms with van der Waals surface area (Å²) in [6.45, 7) is 1.95. The van der Waals surface area contributed by atoms with Crippen molar-refractivity contribution >= 4 is 11.9 Å². The second kappa shape index (κ2) is 8.39. The van der Waals surface area contributed by atoms with Crippen LogP contribution in [0.25, 0.3) is 0 Å². The fourth-order valence-corrected chi connectivity index (χ4v) is 10.3. The molecule has 0 saturated heterocycles. The van der Waals surface area contributed by atoms with E-state index in [1.54, 1.807) is 0 Å². The Bertz CT molecular complexity index is 820. The van der Waals surface area contributed by atoms with E-state index in [-0.39, 0.29) is 30.2 Å². The van der Waals surface area contributed by atoms with Crippen molar-refractivity contribution in [1.29, 1.82) is 0 Å². The molecule has 196 valence electrons. The number of rotatable bonds is 9. The zero-order chi connectivity index (χ0) is 24.5. The van der Waals surface area contributed by atoms with Gasteiger partial charge >= 0.3 is 17.9 Å². The monoisotopic (exact) mass is 494 g/mol. The Labute approximate surface area is 207 Å². The maximum atomic E-state index is 13.8. The van der Waals surface area contributed by atoms with E-state index in [1.807, 2.05) is 0 Å². The van der Waals surface area contributed by atoms with Crippen LogP contribution in [0, 0.1) is 45.8 Å². The van der Waals surface area contributed by atoms with Gasteiger partial charge < -0.3 is 14.2 Å². The fraction of sp³-hybridized carbons (Fsp3) is 0.929. The van der Waals surface area contributed by atoms with Crippen LogP contribution in [-0.2, 0) is 23.8 Å². The van der Waals surface area contributed by atoms with E-state index in [9.17, 15) is 18.4 Å². The number of alkyl halides is 2. The lowest BCUT2D eigenvalue weighted by Crippen LogP contribution is -2.57. The average Bonchev–Trinajstić information content (AvgIpc) is 2.78. The molecule has 7 heteroatoms. The molecule has 0 aromatic heterocycles. The number of esters is 2. The summed E-state index contributed by atoms with van der Waals surface area (Å²) < 4.78 is 44.4. The molecule has 35 heavy (non-hydrogen) atoms. The first-order valence-electron chi connectivity index (χ1n) is 13.9. The Morgan fingerprint density at radius 3 is 1.89 bits per heavy atom. The minimum atomic E-state index is -3.45. The van der Waals surface area contributed by atoms with Gasteiger partial charge in [0.05, 0.1) is 18.6 Å².